The normalized spacial score (nSPS) is 14.0. The van der Waals surface area contributed by atoms with Crippen LogP contribution in [-0.4, -0.2) is 20.4 Å². The maximum absolute atomic E-state index is 6.24. The van der Waals surface area contributed by atoms with Crippen LogP contribution in [-0.2, 0) is 0 Å². The number of hydrogen-bond donors (Lipinski definition) is 0. The van der Waals surface area contributed by atoms with Crippen molar-refractivity contribution < 1.29 is 0 Å². The molecule has 0 radical (unpaired) electrons. The summed E-state index contributed by atoms with van der Waals surface area (Å²) in [6.45, 7) is 7.17. The summed E-state index contributed by atoms with van der Waals surface area (Å²) in [5.74, 6) is 4.56. The van der Waals surface area contributed by atoms with E-state index in [1.807, 2.05) is 0 Å². The van der Waals surface area contributed by atoms with Crippen LogP contribution in [0.5, 0.6) is 0 Å². The van der Waals surface area contributed by atoms with Crippen LogP contribution in [0, 0.1) is 0 Å². The standard InChI is InChI=1S/C6H17ClGeSi/c1-8(2,7)6-9(3,4)5/h6H2,1-5H3. The summed E-state index contributed by atoms with van der Waals surface area (Å²) < 4.78 is 0. The van der Waals surface area contributed by atoms with Crippen LogP contribution < -0.4 is 0 Å². The molecule has 0 aliphatic rings. The average Bonchev–Trinajstić information content (AvgIpc) is 1.14. The van der Waals surface area contributed by atoms with Crippen molar-refractivity contribution in [3.05, 3.63) is 0 Å². The van der Waals surface area contributed by atoms with Crippen molar-refractivity contribution in [1.82, 2.24) is 0 Å². The molecule has 0 fully saturated rings. The quantitative estimate of drug-likeness (QED) is 0.633. The zero-order valence-electron chi connectivity index (χ0n) is 7.09. The third-order valence-electron chi connectivity index (χ3n) is 0.951. The Morgan fingerprint density at radius 2 is 1.56 bits per heavy atom. The zero-order valence-corrected chi connectivity index (χ0v) is 10.9. The summed E-state index contributed by atoms with van der Waals surface area (Å²) in [6.07, 6.45) is 0. The minimum absolute atomic E-state index is 0.841. The minimum atomic E-state index is -1.71. The molecular weight excluding hydrogens is 208 g/mol. The van der Waals surface area contributed by atoms with Crippen LogP contribution in [0.3, 0.4) is 0 Å². The van der Waals surface area contributed by atoms with Crippen molar-refractivity contribution in [2.24, 2.45) is 0 Å². The van der Waals surface area contributed by atoms with Gasteiger partial charge in [0, 0.05) is 0 Å². The van der Waals surface area contributed by atoms with E-state index < -0.39 is 20.4 Å². The van der Waals surface area contributed by atoms with Gasteiger partial charge in [-0.2, -0.15) is 0 Å². The first-order chi connectivity index (χ1) is 3.71. The van der Waals surface area contributed by atoms with Crippen LogP contribution in [0.1, 0.15) is 0 Å². The van der Waals surface area contributed by atoms with Crippen molar-refractivity contribution in [3.63, 3.8) is 0 Å². The van der Waals surface area contributed by atoms with E-state index >= 15 is 0 Å². The fraction of sp³-hybridized carbons (Fsp3) is 1.00. The molecule has 0 nitrogen and oxygen atoms in total. The van der Waals surface area contributed by atoms with Gasteiger partial charge >= 0.3 is 66.5 Å². The molecule has 0 N–H and O–H groups in total. The molecule has 0 aliphatic carbocycles. The van der Waals surface area contributed by atoms with Gasteiger partial charge in [0.25, 0.3) is 0 Å². The van der Waals surface area contributed by atoms with Crippen LogP contribution in [0.25, 0.3) is 0 Å². The third-order valence-corrected chi connectivity index (χ3v) is 16.9. The van der Waals surface area contributed by atoms with E-state index in [-0.39, 0.29) is 0 Å². The Balaban J connectivity index is 3.75. The predicted molar refractivity (Wildman–Crippen MR) is 51.5 cm³/mol. The summed E-state index contributed by atoms with van der Waals surface area (Å²) in [5, 5.41) is 0. The molecule has 0 amide bonds. The Bertz CT molecular complexity index is 78.2. The van der Waals surface area contributed by atoms with E-state index in [0.717, 1.165) is 0 Å². The summed E-state index contributed by atoms with van der Waals surface area (Å²) in [7, 11) is 5.40. The topological polar surface area (TPSA) is 0 Å². The van der Waals surface area contributed by atoms with E-state index in [1.165, 1.54) is 4.88 Å². The van der Waals surface area contributed by atoms with Gasteiger partial charge in [0.1, 0.15) is 0 Å². The fourth-order valence-corrected chi connectivity index (χ4v) is 25.9. The Morgan fingerprint density at radius 3 is 1.56 bits per heavy atom. The first-order valence-electron chi connectivity index (χ1n) is 3.40. The summed E-state index contributed by atoms with van der Waals surface area (Å²) in [5.41, 5.74) is 0. The fourth-order valence-electron chi connectivity index (χ4n) is 1.26. The molecule has 0 aromatic heterocycles. The Morgan fingerprint density at radius 1 is 1.22 bits per heavy atom. The second kappa shape index (κ2) is 2.97. The molecule has 56 valence electrons. The Hall–Kier alpha value is 1.05. The number of halogens is 1. The molecule has 0 aromatic carbocycles. The van der Waals surface area contributed by atoms with Crippen molar-refractivity contribution in [2.75, 3.05) is 0 Å². The van der Waals surface area contributed by atoms with Gasteiger partial charge in [-0.15, -0.1) is 0 Å². The number of rotatable bonds is 2. The third kappa shape index (κ3) is 9.05. The molecule has 0 heterocycles. The zero-order chi connectivity index (χ0) is 7.71. The van der Waals surface area contributed by atoms with E-state index in [9.17, 15) is 0 Å². The summed E-state index contributed by atoms with van der Waals surface area (Å²) >= 11 is -1.71. The van der Waals surface area contributed by atoms with Crippen LogP contribution in [0.4, 0.5) is 0 Å². The Kier molecular flexibility index (Phi) is 3.32. The maximum atomic E-state index is 6.24. The summed E-state index contributed by atoms with van der Waals surface area (Å²) in [6, 6.07) is 0. The first-order valence-corrected chi connectivity index (χ1v) is 15.5. The van der Waals surface area contributed by atoms with Crippen molar-refractivity contribution in [2.45, 2.75) is 36.0 Å². The molecule has 3 heteroatoms. The second-order valence-corrected chi connectivity index (χ2v) is 24.7. The van der Waals surface area contributed by atoms with Gasteiger partial charge in [-0.3, -0.25) is 0 Å². The number of hydrogen-bond acceptors (Lipinski definition) is 0. The molecule has 0 aliphatic heterocycles. The summed E-state index contributed by atoms with van der Waals surface area (Å²) in [4.78, 5) is 1.38. The molecule has 0 unspecified atom stereocenters. The van der Waals surface area contributed by atoms with Gasteiger partial charge in [-0.1, -0.05) is 0 Å². The first kappa shape index (κ1) is 10.0. The molecule has 0 saturated carbocycles. The Labute approximate surface area is 66.5 Å². The SMILES string of the molecule is C[Si](C)(C)[CH2][Ge]([CH3])([CH3])[Cl]. The van der Waals surface area contributed by atoms with E-state index in [2.05, 4.69) is 31.2 Å². The second-order valence-electron chi connectivity index (χ2n) is 4.46. The molecule has 0 saturated heterocycles. The molecule has 0 aromatic rings. The van der Waals surface area contributed by atoms with Gasteiger partial charge in [-0.05, 0) is 0 Å². The molecule has 0 atom stereocenters. The van der Waals surface area contributed by atoms with Crippen molar-refractivity contribution >= 4 is 30.4 Å². The average molecular weight is 225 g/mol. The van der Waals surface area contributed by atoms with Gasteiger partial charge in [-0.25, -0.2) is 0 Å². The van der Waals surface area contributed by atoms with Crippen molar-refractivity contribution in [1.29, 1.82) is 0 Å². The molecule has 0 spiro atoms. The van der Waals surface area contributed by atoms with Gasteiger partial charge in [0.15, 0.2) is 0 Å². The molecule has 9 heavy (non-hydrogen) atoms. The van der Waals surface area contributed by atoms with Crippen LogP contribution >= 0.6 is 10.0 Å². The van der Waals surface area contributed by atoms with Gasteiger partial charge in [0.05, 0.1) is 0 Å². The van der Waals surface area contributed by atoms with Crippen molar-refractivity contribution in [3.8, 4) is 0 Å². The molecule has 0 rings (SSSR count). The van der Waals surface area contributed by atoms with Crippen LogP contribution in [0.15, 0.2) is 0 Å². The van der Waals surface area contributed by atoms with Gasteiger partial charge in [0.2, 0.25) is 0 Å². The predicted octanol–water partition coefficient (Wildman–Crippen LogP) is 3.31. The van der Waals surface area contributed by atoms with E-state index in [4.69, 9.17) is 10.0 Å². The molecule has 0 bridgehead atoms. The van der Waals surface area contributed by atoms with E-state index in [1.54, 1.807) is 0 Å². The van der Waals surface area contributed by atoms with Gasteiger partial charge < -0.3 is 0 Å². The van der Waals surface area contributed by atoms with Crippen LogP contribution in [0.2, 0.25) is 36.0 Å². The molecular formula is C6H17ClGeSi. The monoisotopic (exact) mass is 226 g/mol. The van der Waals surface area contributed by atoms with E-state index in [0.29, 0.717) is 0 Å².